The lowest BCUT2D eigenvalue weighted by molar-refractivity contribution is -0.130. The second-order valence-electron chi connectivity index (χ2n) is 13.1. The van der Waals surface area contributed by atoms with E-state index in [4.69, 9.17) is 4.98 Å². The van der Waals surface area contributed by atoms with Crippen LogP contribution >= 0.6 is 11.3 Å². The van der Waals surface area contributed by atoms with Crippen LogP contribution in [0.1, 0.15) is 121 Å². The van der Waals surface area contributed by atoms with Crippen molar-refractivity contribution in [1.29, 1.82) is 0 Å². The van der Waals surface area contributed by atoms with Gasteiger partial charge in [-0.25, -0.2) is 4.98 Å². The molecule has 2 aliphatic rings. The van der Waals surface area contributed by atoms with Crippen molar-refractivity contribution in [2.75, 3.05) is 19.6 Å². The Morgan fingerprint density at radius 3 is 2.45 bits per heavy atom. The van der Waals surface area contributed by atoms with Crippen LogP contribution < -0.4 is 5.32 Å². The number of piperidine rings is 1. The normalized spacial score (nSPS) is 18.8. The lowest BCUT2D eigenvalue weighted by Gasteiger charge is -2.33. The Hall–Kier alpha value is -2.12. The lowest BCUT2D eigenvalue weighted by atomic mass is 9.81. The highest BCUT2D eigenvalue weighted by Gasteiger charge is 2.30. The first kappa shape index (κ1) is 32.8. The number of hydrogen-bond donors (Lipinski definition) is 1. The van der Waals surface area contributed by atoms with E-state index in [1.54, 1.807) is 11.3 Å². The zero-order valence-electron chi connectivity index (χ0n) is 26.5. The van der Waals surface area contributed by atoms with Gasteiger partial charge in [0.25, 0.3) is 0 Å². The SMILES string of the molecule is CCC(=O)C[C@@H](Cc1nc2ccc(C(C)C)cc2s1)C(=O)N[C@H](CCCC(=O)C1CCN(CC)CC1)C1CCCCC1. The lowest BCUT2D eigenvalue weighted by Crippen LogP contribution is -2.44. The first-order valence-electron chi connectivity index (χ1n) is 16.7. The fraction of sp³-hybridized carbons (Fsp3) is 0.714. The number of nitrogens with one attached hydrogen (secondary N) is 1. The molecule has 1 N–H and O–H groups in total. The topological polar surface area (TPSA) is 79.4 Å². The molecule has 0 unspecified atom stereocenters. The van der Waals surface area contributed by atoms with Crippen molar-refractivity contribution < 1.29 is 14.4 Å². The molecule has 4 rings (SSSR count). The summed E-state index contributed by atoms with van der Waals surface area (Å²) in [4.78, 5) is 46.7. The number of carbonyl (C=O) groups is 3. The van der Waals surface area contributed by atoms with Crippen LogP contribution in [0.4, 0.5) is 0 Å². The predicted molar refractivity (Wildman–Crippen MR) is 173 cm³/mol. The minimum absolute atomic E-state index is 0.0206. The predicted octanol–water partition coefficient (Wildman–Crippen LogP) is 7.48. The van der Waals surface area contributed by atoms with E-state index in [1.807, 2.05) is 6.92 Å². The van der Waals surface area contributed by atoms with Crippen molar-refractivity contribution in [3.8, 4) is 0 Å². The number of amides is 1. The number of Topliss-reactive ketones (excluding diaryl/α,β-unsaturated/α-hetero) is 2. The summed E-state index contributed by atoms with van der Waals surface area (Å²) in [5.74, 6) is 1.18. The molecule has 2 aromatic rings. The van der Waals surface area contributed by atoms with Gasteiger partial charge < -0.3 is 10.2 Å². The second-order valence-corrected chi connectivity index (χ2v) is 14.2. The molecule has 2 heterocycles. The van der Waals surface area contributed by atoms with Crippen molar-refractivity contribution in [3.05, 3.63) is 28.8 Å². The first-order chi connectivity index (χ1) is 20.3. The van der Waals surface area contributed by atoms with Crippen molar-refractivity contribution in [1.82, 2.24) is 15.2 Å². The van der Waals surface area contributed by atoms with Crippen LogP contribution in [0.2, 0.25) is 0 Å². The van der Waals surface area contributed by atoms with Crippen molar-refractivity contribution in [3.63, 3.8) is 0 Å². The van der Waals surface area contributed by atoms with E-state index >= 15 is 0 Å². The van der Waals surface area contributed by atoms with Gasteiger partial charge >= 0.3 is 0 Å². The monoisotopic (exact) mass is 595 g/mol. The molecule has 0 radical (unpaired) electrons. The summed E-state index contributed by atoms with van der Waals surface area (Å²) in [5.41, 5.74) is 2.25. The molecule has 1 saturated carbocycles. The molecule has 1 amide bonds. The highest BCUT2D eigenvalue weighted by molar-refractivity contribution is 7.18. The molecule has 42 heavy (non-hydrogen) atoms. The standard InChI is InChI=1S/C35H53N3O3S/c1-5-29(39)21-28(23-34-36-31-16-15-27(24(3)4)22-33(31)42-34)35(41)37-30(25-11-8-7-9-12-25)13-10-14-32(40)26-17-19-38(6-2)20-18-26/h15-16,22,24-26,28,30H,5-14,17-21,23H2,1-4H3,(H,37,41)/t28-,30+/m0/s1. The Bertz CT molecular complexity index is 1180. The minimum Gasteiger partial charge on any atom is -0.353 e. The van der Waals surface area contributed by atoms with E-state index in [0.29, 0.717) is 36.9 Å². The highest BCUT2D eigenvalue weighted by atomic mass is 32.1. The molecule has 1 saturated heterocycles. The number of aromatic nitrogens is 1. The number of ketones is 2. The number of benzene rings is 1. The Morgan fingerprint density at radius 1 is 1.05 bits per heavy atom. The molecular formula is C35H53N3O3S. The van der Waals surface area contributed by atoms with Gasteiger partial charge in [-0.2, -0.15) is 0 Å². The van der Waals surface area contributed by atoms with Crippen LogP contribution in [-0.4, -0.2) is 53.0 Å². The highest BCUT2D eigenvalue weighted by Crippen LogP contribution is 2.31. The van der Waals surface area contributed by atoms with E-state index in [2.05, 4.69) is 49.2 Å². The van der Waals surface area contributed by atoms with Gasteiger partial charge in [0, 0.05) is 37.6 Å². The molecule has 0 spiro atoms. The molecule has 2 atom stereocenters. The van der Waals surface area contributed by atoms with Gasteiger partial charge in [-0.15, -0.1) is 11.3 Å². The van der Waals surface area contributed by atoms with Gasteiger partial charge in [0.2, 0.25) is 5.91 Å². The minimum atomic E-state index is -0.418. The molecule has 1 aromatic heterocycles. The van der Waals surface area contributed by atoms with Gasteiger partial charge in [-0.3, -0.25) is 14.4 Å². The Labute approximate surface area is 257 Å². The second kappa shape index (κ2) is 16.1. The average molecular weight is 596 g/mol. The van der Waals surface area contributed by atoms with E-state index in [1.165, 1.54) is 24.8 Å². The summed E-state index contributed by atoms with van der Waals surface area (Å²) in [5, 5.41) is 4.35. The maximum absolute atomic E-state index is 13.9. The van der Waals surface area contributed by atoms with Crippen LogP contribution in [0.25, 0.3) is 10.2 Å². The van der Waals surface area contributed by atoms with Crippen molar-refractivity contribution >= 4 is 39.0 Å². The maximum Gasteiger partial charge on any atom is 0.224 e. The van der Waals surface area contributed by atoms with E-state index in [9.17, 15) is 14.4 Å². The molecular weight excluding hydrogens is 542 g/mol. The number of fused-ring (bicyclic) bond motifs is 1. The Morgan fingerprint density at radius 2 is 1.79 bits per heavy atom. The number of rotatable bonds is 15. The van der Waals surface area contributed by atoms with Gasteiger partial charge in [-0.1, -0.05) is 53.0 Å². The zero-order chi connectivity index (χ0) is 30.1. The molecule has 6 nitrogen and oxygen atoms in total. The van der Waals surface area contributed by atoms with Crippen molar-refractivity contribution in [2.45, 2.75) is 123 Å². The summed E-state index contributed by atoms with van der Waals surface area (Å²) >= 11 is 1.65. The quantitative estimate of drug-likeness (QED) is 0.231. The number of hydrogen-bond acceptors (Lipinski definition) is 6. The smallest absolute Gasteiger partial charge is 0.224 e. The summed E-state index contributed by atoms with van der Waals surface area (Å²) in [6.07, 6.45) is 11.3. The number of nitrogens with zero attached hydrogens (tertiary/aromatic N) is 2. The van der Waals surface area contributed by atoms with Crippen LogP contribution in [-0.2, 0) is 20.8 Å². The Balaban J connectivity index is 1.41. The summed E-state index contributed by atoms with van der Waals surface area (Å²) in [6.45, 7) is 11.6. The first-order valence-corrected chi connectivity index (χ1v) is 17.5. The van der Waals surface area contributed by atoms with E-state index in [-0.39, 0.29) is 30.1 Å². The van der Waals surface area contributed by atoms with Crippen LogP contribution in [0.3, 0.4) is 0 Å². The summed E-state index contributed by atoms with van der Waals surface area (Å²) in [6, 6.07) is 6.48. The molecule has 0 bridgehead atoms. The van der Waals surface area contributed by atoms with Crippen molar-refractivity contribution in [2.24, 2.45) is 17.8 Å². The molecule has 7 heteroatoms. The third-order valence-corrected chi connectivity index (χ3v) is 10.8. The van der Waals surface area contributed by atoms with Gasteiger partial charge in [0.15, 0.2) is 0 Å². The van der Waals surface area contributed by atoms with E-state index in [0.717, 1.165) is 73.4 Å². The number of carbonyl (C=O) groups excluding carboxylic acids is 3. The largest absolute Gasteiger partial charge is 0.353 e. The fourth-order valence-corrected chi connectivity index (χ4v) is 7.95. The molecule has 2 fully saturated rings. The molecule has 1 aliphatic heterocycles. The van der Waals surface area contributed by atoms with Crippen LogP contribution in [0, 0.1) is 17.8 Å². The van der Waals surface area contributed by atoms with Gasteiger partial charge in [0.1, 0.15) is 11.6 Å². The summed E-state index contributed by atoms with van der Waals surface area (Å²) in [7, 11) is 0. The molecule has 1 aromatic carbocycles. The fourth-order valence-electron chi connectivity index (χ4n) is 6.86. The summed E-state index contributed by atoms with van der Waals surface area (Å²) < 4.78 is 1.14. The van der Waals surface area contributed by atoms with Gasteiger partial charge in [0.05, 0.1) is 21.1 Å². The van der Waals surface area contributed by atoms with Crippen LogP contribution in [0.5, 0.6) is 0 Å². The average Bonchev–Trinajstić information content (AvgIpc) is 3.42. The third kappa shape index (κ3) is 9.19. The zero-order valence-corrected chi connectivity index (χ0v) is 27.3. The van der Waals surface area contributed by atoms with E-state index < -0.39 is 5.92 Å². The number of likely N-dealkylation sites (tertiary alicyclic amines) is 1. The molecule has 1 aliphatic carbocycles. The van der Waals surface area contributed by atoms with Gasteiger partial charge in [-0.05, 0) is 87.7 Å². The Kier molecular flexibility index (Phi) is 12.6. The van der Waals surface area contributed by atoms with Crippen LogP contribution in [0.15, 0.2) is 18.2 Å². The maximum atomic E-state index is 13.9. The number of thiazole rings is 1. The molecule has 232 valence electrons. The third-order valence-electron chi connectivity index (χ3n) is 9.76.